The fourth-order valence-electron chi connectivity index (χ4n) is 1.32. The average Bonchev–Trinajstić information content (AvgIpc) is 2.78. The second-order valence-electron chi connectivity index (χ2n) is 4.61. The number of thiazole rings is 1. The van der Waals surface area contributed by atoms with Crippen LogP contribution in [0.1, 0.15) is 23.7 Å². The highest BCUT2D eigenvalue weighted by atomic mass is 35.5. The van der Waals surface area contributed by atoms with E-state index in [0.717, 1.165) is 9.88 Å². The van der Waals surface area contributed by atoms with Crippen molar-refractivity contribution in [2.45, 2.75) is 33.4 Å². The van der Waals surface area contributed by atoms with Crippen LogP contribution in [0.5, 0.6) is 0 Å². The number of hydrogen-bond donors (Lipinski definition) is 3. The van der Waals surface area contributed by atoms with Crippen molar-refractivity contribution in [3.63, 3.8) is 0 Å². The third-order valence-electron chi connectivity index (χ3n) is 2.57. The van der Waals surface area contributed by atoms with E-state index >= 15 is 0 Å². The van der Waals surface area contributed by atoms with Crippen LogP contribution in [-0.4, -0.2) is 29.4 Å². The molecule has 9 heteroatoms. The third kappa shape index (κ3) is 8.21. The van der Waals surface area contributed by atoms with Crippen LogP contribution in [0.4, 0.5) is 0 Å². The molecule has 1 aromatic rings. The van der Waals surface area contributed by atoms with E-state index in [-0.39, 0.29) is 49.1 Å². The summed E-state index contributed by atoms with van der Waals surface area (Å²) in [6, 6.07) is -0.586. The van der Waals surface area contributed by atoms with Crippen molar-refractivity contribution in [1.82, 2.24) is 15.6 Å². The molecule has 0 fully saturated rings. The Hall–Kier alpha value is -0.890. The second kappa shape index (κ2) is 10.8. The summed E-state index contributed by atoms with van der Waals surface area (Å²) >= 11 is 1.53. The van der Waals surface area contributed by atoms with Crippen LogP contribution in [-0.2, 0) is 16.1 Å². The van der Waals surface area contributed by atoms with Gasteiger partial charge in [-0.2, -0.15) is 0 Å². The van der Waals surface area contributed by atoms with Gasteiger partial charge >= 0.3 is 0 Å². The second-order valence-corrected chi connectivity index (χ2v) is 5.93. The lowest BCUT2D eigenvalue weighted by Gasteiger charge is -2.14. The van der Waals surface area contributed by atoms with Gasteiger partial charge in [-0.25, -0.2) is 4.98 Å². The quantitative estimate of drug-likeness (QED) is 0.708. The predicted octanol–water partition coefficient (Wildman–Crippen LogP) is 1.01. The van der Waals surface area contributed by atoms with Crippen molar-refractivity contribution in [2.75, 3.05) is 6.54 Å². The number of hydrogen-bond acceptors (Lipinski definition) is 5. The van der Waals surface area contributed by atoms with Crippen LogP contribution in [0.25, 0.3) is 0 Å². The first-order valence-corrected chi connectivity index (χ1v) is 6.93. The molecule has 4 N–H and O–H groups in total. The summed E-state index contributed by atoms with van der Waals surface area (Å²) in [5, 5.41) is 6.19. The summed E-state index contributed by atoms with van der Waals surface area (Å²) in [5.41, 5.74) is 5.66. The molecule has 0 aliphatic rings. The van der Waals surface area contributed by atoms with E-state index in [1.54, 1.807) is 6.20 Å². The summed E-state index contributed by atoms with van der Waals surface area (Å²) in [7, 11) is 0. The highest BCUT2D eigenvalue weighted by Crippen LogP contribution is 2.10. The van der Waals surface area contributed by atoms with Gasteiger partial charge in [0.15, 0.2) is 0 Å². The molecule has 0 aliphatic heterocycles. The molecule has 1 aromatic heterocycles. The Morgan fingerprint density at radius 1 is 1.33 bits per heavy atom. The summed E-state index contributed by atoms with van der Waals surface area (Å²) in [5.74, 6) is -0.502. The van der Waals surface area contributed by atoms with Crippen LogP contribution in [0.3, 0.4) is 0 Å². The lowest BCUT2D eigenvalue weighted by molar-refractivity contribution is -0.127. The molecule has 1 heterocycles. The van der Waals surface area contributed by atoms with Crippen molar-refractivity contribution in [3.05, 3.63) is 16.1 Å². The average molecular weight is 357 g/mol. The number of amides is 2. The van der Waals surface area contributed by atoms with E-state index in [1.807, 2.05) is 20.8 Å². The molecule has 1 rings (SSSR count). The smallest absolute Gasteiger partial charge is 0.239 e. The lowest BCUT2D eigenvalue weighted by Crippen LogP contribution is -2.47. The van der Waals surface area contributed by atoms with Crippen LogP contribution in [0.15, 0.2) is 6.20 Å². The molecular formula is C12H22Cl2N4O2S. The highest BCUT2D eigenvalue weighted by molar-refractivity contribution is 7.11. The van der Waals surface area contributed by atoms with E-state index in [0.29, 0.717) is 6.54 Å². The van der Waals surface area contributed by atoms with Gasteiger partial charge in [0.2, 0.25) is 11.8 Å². The van der Waals surface area contributed by atoms with Crippen LogP contribution >= 0.6 is 36.2 Å². The first-order chi connectivity index (χ1) is 8.90. The van der Waals surface area contributed by atoms with E-state index in [2.05, 4.69) is 15.6 Å². The molecular weight excluding hydrogens is 335 g/mol. The van der Waals surface area contributed by atoms with E-state index in [1.165, 1.54) is 11.3 Å². The Labute approximate surface area is 141 Å². The topological polar surface area (TPSA) is 97.1 Å². The normalized spacial score (nSPS) is 11.1. The fourth-order valence-corrected chi connectivity index (χ4v) is 2.06. The number of carbonyl (C=O) groups is 2. The first-order valence-electron chi connectivity index (χ1n) is 6.11. The maximum absolute atomic E-state index is 11.5. The number of carbonyl (C=O) groups excluding carboxylic acids is 2. The Kier molecular flexibility index (Phi) is 11.5. The van der Waals surface area contributed by atoms with E-state index < -0.39 is 6.04 Å². The molecule has 0 bridgehead atoms. The zero-order chi connectivity index (χ0) is 14.4. The van der Waals surface area contributed by atoms with Crippen molar-refractivity contribution in [3.8, 4) is 0 Å². The summed E-state index contributed by atoms with van der Waals surface area (Å²) in [6.45, 7) is 5.99. The molecule has 21 heavy (non-hydrogen) atoms. The minimum absolute atomic E-state index is 0. The maximum atomic E-state index is 11.5. The van der Waals surface area contributed by atoms with Gasteiger partial charge in [0.25, 0.3) is 0 Å². The van der Waals surface area contributed by atoms with Crippen molar-refractivity contribution < 1.29 is 9.59 Å². The minimum Gasteiger partial charge on any atom is -0.350 e. The Balaban J connectivity index is 0. The standard InChI is InChI=1S/C12H20N4O2S.2ClH/c1-7(2)11(13)12(18)16-6-10(17)15-5-9-4-14-8(3)19-9;;/h4,7,11H,5-6,13H2,1-3H3,(H,15,17)(H,16,18);2*1H/t11-;;/m0../s1. The molecule has 0 aromatic carbocycles. The van der Waals surface area contributed by atoms with Gasteiger partial charge in [0, 0.05) is 11.1 Å². The first kappa shape index (κ1) is 22.4. The van der Waals surface area contributed by atoms with Crippen molar-refractivity contribution in [1.29, 1.82) is 0 Å². The zero-order valence-electron chi connectivity index (χ0n) is 12.2. The Bertz CT molecular complexity index is 454. The number of nitrogens with zero attached hydrogens (tertiary/aromatic N) is 1. The van der Waals surface area contributed by atoms with Gasteiger partial charge in [-0.05, 0) is 12.8 Å². The van der Waals surface area contributed by atoms with Crippen molar-refractivity contribution in [2.24, 2.45) is 11.7 Å². The lowest BCUT2D eigenvalue weighted by atomic mass is 10.1. The number of nitrogens with two attached hydrogens (primary N) is 1. The van der Waals surface area contributed by atoms with Gasteiger partial charge < -0.3 is 16.4 Å². The van der Waals surface area contributed by atoms with Gasteiger partial charge in [0.1, 0.15) is 0 Å². The minimum atomic E-state index is -0.586. The van der Waals surface area contributed by atoms with E-state index in [4.69, 9.17) is 5.73 Å². The molecule has 0 saturated heterocycles. The number of aryl methyl sites for hydroxylation is 1. The zero-order valence-corrected chi connectivity index (χ0v) is 14.7. The highest BCUT2D eigenvalue weighted by Gasteiger charge is 2.17. The summed E-state index contributed by atoms with van der Waals surface area (Å²) < 4.78 is 0. The number of aromatic nitrogens is 1. The van der Waals surface area contributed by atoms with Crippen LogP contribution in [0.2, 0.25) is 0 Å². The molecule has 0 unspecified atom stereocenters. The molecule has 2 amide bonds. The molecule has 0 radical (unpaired) electrons. The molecule has 0 saturated carbocycles. The molecule has 6 nitrogen and oxygen atoms in total. The SMILES string of the molecule is Cc1ncc(CNC(=O)CNC(=O)[C@@H](N)C(C)C)s1.Cl.Cl. The maximum Gasteiger partial charge on any atom is 0.239 e. The summed E-state index contributed by atoms with van der Waals surface area (Å²) in [6.07, 6.45) is 1.73. The van der Waals surface area contributed by atoms with Gasteiger partial charge in [0.05, 0.1) is 24.1 Å². The third-order valence-corrected chi connectivity index (χ3v) is 3.49. The van der Waals surface area contributed by atoms with Gasteiger partial charge in [-0.15, -0.1) is 36.2 Å². The van der Waals surface area contributed by atoms with Gasteiger partial charge in [-0.1, -0.05) is 13.8 Å². The number of nitrogens with one attached hydrogen (secondary N) is 2. The van der Waals surface area contributed by atoms with Crippen LogP contribution < -0.4 is 16.4 Å². The number of rotatable bonds is 6. The fraction of sp³-hybridized carbons (Fsp3) is 0.583. The number of halogens is 2. The van der Waals surface area contributed by atoms with Crippen LogP contribution in [0, 0.1) is 12.8 Å². The Morgan fingerprint density at radius 2 is 1.95 bits per heavy atom. The molecule has 0 aliphatic carbocycles. The molecule has 1 atom stereocenters. The Morgan fingerprint density at radius 3 is 2.43 bits per heavy atom. The molecule has 0 spiro atoms. The monoisotopic (exact) mass is 356 g/mol. The van der Waals surface area contributed by atoms with Gasteiger partial charge in [-0.3, -0.25) is 9.59 Å². The van der Waals surface area contributed by atoms with Crippen molar-refractivity contribution >= 4 is 48.0 Å². The summed E-state index contributed by atoms with van der Waals surface area (Å²) in [4.78, 5) is 28.2. The predicted molar refractivity (Wildman–Crippen MR) is 89.0 cm³/mol. The largest absolute Gasteiger partial charge is 0.350 e. The van der Waals surface area contributed by atoms with E-state index in [9.17, 15) is 9.59 Å². The molecule has 122 valence electrons.